The number of hydrogen-bond acceptors (Lipinski definition) is 12. The molecule has 0 saturated heterocycles. The normalized spacial score (nSPS) is 9.59. The first-order chi connectivity index (χ1) is 24.4. The zero-order chi connectivity index (χ0) is 38.5. The molecular weight excluding hydrogens is 672 g/mol. The number of ether oxygens (including phenoxy) is 6. The molecule has 0 aliphatic rings. The molecule has 0 radical (unpaired) electrons. The molecule has 4 aromatic carbocycles. The molecule has 0 bridgehead atoms. The van der Waals surface area contributed by atoms with E-state index in [2.05, 4.69) is 0 Å². The van der Waals surface area contributed by atoms with Gasteiger partial charge in [-0.2, -0.15) is 0 Å². The second-order valence-electron chi connectivity index (χ2n) is 9.70. The molecule has 4 rings (SSSR count). The van der Waals surface area contributed by atoms with Crippen LogP contribution in [0.2, 0.25) is 0 Å². The Kier molecular flexibility index (Phi) is 19.0. The molecule has 276 valence electrons. The van der Waals surface area contributed by atoms with Crippen molar-refractivity contribution in [2.45, 2.75) is 19.8 Å². The summed E-state index contributed by atoms with van der Waals surface area (Å²) < 4.78 is 29.7. The van der Waals surface area contributed by atoms with Gasteiger partial charge in [-0.25, -0.2) is 14.4 Å². The Morgan fingerprint density at radius 2 is 0.725 bits per heavy atom. The molecule has 0 aliphatic carbocycles. The molecule has 15 heteroatoms. The molecule has 0 aliphatic heterocycles. The second kappa shape index (κ2) is 22.6. The highest BCUT2D eigenvalue weighted by atomic mass is 16.5. The van der Waals surface area contributed by atoms with Gasteiger partial charge in [0, 0.05) is 0 Å². The highest BCUT2D eigenvalue weighted by Crippen LogP contribution is 2.29. The average Bonchev–Trinajstić information content (AvgIpc) is 3.17. The first-order valence-electron chi connectivity index (χ1n) is 14.7. The molecule has 15 nitrogen and oxygen atoms in total. The molecule has 0 aromatic heterocycles. The van der Waals surface area contributed by atoms with Gasteiger partial charge >= 0.3 is 17.9 Å². The predicted octanol–water partition coefficient (Wildman–Crippen LogP) is 4.37. The number of carbonyl (C=O) groups is 3. The third kappa shape index (κ3) is 13.4. The summed E-state index contributed by atoms with van der Waals surface area (Å²) >= 11 is 0. The molecule has 0 heterocycles. The van der Waals surface area contributed by atoms with E-state index in [0.717, 1.165) is 5.56 Å². The van der Waals surface area contributed by atoms with Crippen molar-refractivity contribution in [2.75, 3.05) is 42.7 Å². The van der Waals surface area contributed by atoms with Crippen LogP contribution in [0.3, 0.4) is 0 Å². The van der Waals surface area contributed by atoms with Gasteiger partial charge in [-0.1, -0.05) is 18.2 Å². The zero-order valence-corrected chi connectivity index (χ0v) is 28.9. The lowest BCUT2D eigenvalue weighted by Gasteiger charge is -2.07. The van der Waals surface area contributed by atoms with Gasteiger partial charge in [0.05, 0.1) is 79.2 Å². The van der Waals surface area contributed by atoms with Crippen LogP contribution in [0.15, 0.2) is 72.8 Å². The van der Waals surface area contributed by atoms with Gasteiger partial charge < -0.3 is 59.1 Å². The van der Waals surface area contributed by atoms with E-state index in [0.29, 0.717) is 45.6 Å². The molecule has 0 saturated carbocycles. The Balaban J connectivity index is 0.000000340. The average molecular weight is 715 g/mol. The quantitative estimate of drug-likeness (QED) is 0.120. The van der Waals surface area contributed by atoms with Gasteiger partial charge in [-0.05, 0) is 71.3 Å². The van der Waals surface area contributed by atoms with Crippen LogP contribution in [0.1, 0.15) is 47.8 Å². The summed E-state index contributed by atoms with van der Waals surface area (Å²) in [7, 11) is 8.88. The van der Waals surface area contributed by atoms with Crippen LogP contribution >= 0.6 is 0 Å². The number of benzene rings is 4. The Bertz CT molecular complexity index is 1560. The number of hydrogen-bond donors (Lipinski definition) is 6. The van der Waals surface area contributed by atoms with Crippen molar-refractivity contribution in [1.82, 2.24) is 0 Å². The summed E-state index contributed by atoms with van der Waals surface area (Å²) in [6.07, 6.45) is 0. The molecule has 0 fully saturated rings. The maximum absolute atomic E-state index is 10.6. The van der Waals surface area contributed by atoms with Crippen molar-refractivity contribution in [1.29, 1.82) is 0 Å². The lowest BCUT2D eigenvalue weighted by atomic mass is 10.1. The number of carboxylic acids is 3. The standard InChI is InChI=1S/3C9H10O4.C9H12O3/c3*1-12-7-4-3-6(9(10)11)5-8(7)13-2;10-4-7-1-2-8(5-11)9(3-7)6-12/h3*3-5H,1-2H3,(H,10,11);1-3,10-12H,4-6H2. The molecule has 0 atom stereocenters. The van der Waals surface area contributed by atoms with Crippen LogP contribution in [-0.2, 0) is 19.8 Å². The van der Waals surface area contributed by atoms with E-state index in [9.17, 15) is 14.4 Å². The summed E-state index contributed by atoms with van der Waals surface area (Å²) in [6.45, 7) is -0.232. The van der Waals surface area contributed by atoms with E-state index in [4.69, 9.17) is 59.1 Å². The molecule has 0 amide bonds. The molecule has 0 unspecified atom stereocenters. The van der Waals surface area contributed by atoms with Crippen LogP contribution < -0.4 is 28.4 Å². The van der Waals surface area contributed by atoms with Crippen LogP contribution in [0.4, 0.5) is 0 Å². The van der Waals surface area contributed by atoms with Gasteiger partial charge in [-0.3, -0.25) is 0 Å². The number of aliphatic hydroxyl groups excluding tert-OH is 3. The molecule has 0 spiro atoms. The monoisotopic (exact) mass is 714 g/mol. The summed E-state index contributed by atoms with van der Waals surface area (Å²) in [6, 6.07) is 18.4. The van der Waals surface area contributed by atoms with Crippen LogP contribution in [0.5, 0.6) is 34.5 Å². The third-order valence-corrected chi connectivity index (χ3v) is 6.69. The number of aromatic carboxylic acids is 3. The fourth-order valence-corrected chi connectivity index (χ4v) is 3.99. The third-order valence-electron chi connectivity index (χ3n) is 6.69. The SMILES string of the molecule is COc1ccc(C(=O)O)cc1OC.COc1ccc(C(=O)O)cc1OC.COc1ccc(C(=O)O)cc1OC.OCc1ccc(CO)c(CO)c1. The first-order valence-corrected chi connectivity index (χ1v) is 14.7. The van der Waals surface area contributed by atoms with Gasteiger partial charge in [0.25, 0.3) is 0 Å². The maximum atomic E-state index is 10.6. The predicted molar refractivity (Wildman–Crippen MR) is 184 cm³/mol. The number of carboxylic acid groups (broad SMARTS) is 3. The van der Waals surface area contributed by atoms with E-state index in [1.807, 2.05) is 0 Å². The number of methoxy groups -OCH3 is 6. The van der Waals surface area contributed by atoms with E-state index >= 15 is 0 Å². The maximum Gasteiger partial charge on any atom is 0.335 e. The van der Waals surface area contributed by atoms with E-state index in [-0.39, 0.29) is 36.5 Å². The summed E-state index contributed by atoms with van der Waals surface area (Å²) in [5.41, 5.74) is 2.66. The molecule has 4 aromatic rings. The highest BCUT2D eigenvalue weighted by molar-refractivity contribution is 5.89. The smallest absolute Gasteiger partial charge is 0.335 e. The lowest BCUT2D eigenvalue weighted by molar-refractivity contribution is 0.0685. The molecular formula is C36H42O15. The minimum Gasteiger partial charge on any atom is -0.493 e. The van der Waals surface area contributed by atoms with Crippen LogP contribution in [0, 0.1) is 0 Å². The fourth-order valence-electron chi connectivity index (χ4n) is 3.99. The summed E-state index contributed by atoms with van der Waals surface area (Å²) in [5.74, 6) is -0.137. The number of aliphatic hydroxyl groups is 3. The van der Waals surface area contributed by atoms with Gasteiger partial charge in [0.15, 0.2) is 34.5 Å². The summed E-state index contributed by atoms with van der Waals surface area (Å²) in [4.78, 5) is 31.7. The summed E-state index contributed by atoms with van der Waals surface area (Å²) in [5, 5.41) is 52.5. The van der Waals surface area contributed by atoms with Gasteiger partial charge in [-0.15, -0.1) is 0 Å². The van der Waals surface area contributed by atoms with Crippen molar-refractivity contribution in [3.8, 4) is 34.5 Å². The van der Waals surface area contributed by atoms with Crippen molar-refractivity contribution in [3.05, 3.63) is 106 Å². The largest absolute Gasteiger partial charge is 0.493 e. The van der Waals surface area contributed by atoms with Crippen molar-refractivity contribution in [2.24, 2.45) is 0 Å². The zero-order valence-electron chi connectivity index (χ0n) is 28.9. The van der Waals surface area contributed by atoms with Gasteiger partial charge in [0.2, 0.25) is 0 Å². The Morgan fingerprint density at radius 1 is 0.412 bits per heavy atom. The lowest BCUT2D eigenvalue weighted by Crippen LogP contribution is -1.98. The molecule has 6 N–H and O–H groups in total. The van der Waals surface area contributed by atoms with Crippen LogP contribution in [0.25, 0.3) is 0 Å². The van der Waals surface area contributed by atoms with Gasteiger partial charge in [0.1, 0.15) is 0 Å². The Labute approximate surface area is 294 Å². The molecule has 51 heavy (non-hydrogen) atoms. The highest BCUT2D eigenvalue weighted by Gasteiger charge is 2.10. The van der Waals surface area contributed by atoms with E-state index in [1.54, 1.807) is 36.4 Å². The van der Waals surface area contributed by atoms with Crippen LogP contribution in [-0.4, -0.2) is 91.2 Å². The minimum absolute atomic E-state index is 0.0429. The van der Waals surface area contributed by atoms with Crippen molar-refractivity contribution < 1.29 is 73.4 Å². The van der Waals surface area contributed by atoms with E-state index < -0.39 is 17.9 Å². The second-order valence-corrected chi connectivity index (χ2v) is 9.70. The Hall–Kier alpha value is -6.03. The van der Waals surface area contributed by atoms with Crippen molar-refractivity contribution >= 4 is 17.9 Å². The fraction of sp³-hybridized carbons (Fsp3) is 0.250. The van der Waals surface area contributed by atoms with Crippen molar-refractivity contribution in [3.63, 3.8) is 0 Å². The topological polar surface area (TPSA) is 228 Å². The Morgan fingerprint density at radius 3 is 0.961 bits per heavy atom. The minimum atomic E-state index is -0.985. The first kappa shape index (κ1) is 43.0. The number of rotatable bonds is 12. The van der Waals surface area contributed by atoms with E-state index in [1.165, 1.54) is 79.1 Å².